The lowest BCUT2D eigenvalue weighted by molar-refractivity contribution is 0.206. The van der Waals surface area contributed by atoms with Gasteiger partial charge < -0.3 is 4.74 Å². The molecule has 0 radical (unpaired) electrons. The zero-order valence-electron chi connectivity index (χ0n) is 19.6. The summed E-state index contributed by atoms with van der Waals surface area (Å²) < 4.78 is 34.4. The van der Waals surface area contributed by atoms with Crippen molar-refractivity contribution in [3.05, 3.63) is 89.5 Å². The summed E-state index contributed by atoms with van der Waals surface area (Å²) >= 11 is 0. The molecule has 1 aliphatic heterocycles. The van der Waals surface area contributed by atoms with Gasteiger partial charge in [-0.3, -0.25) is 9.21 Å². The van der Waals surface area contributed by atoms with Crippen molar-refractivity contribution in [2.75, 3.05) is 24.5 Å². The van der Waals surface area contributed by atoms with Crippen molar-refractivity contribution in [1.82, 2.24) is 4.90 Å². The van der Waals surface area contributed by atoms with Crippen LogP contribution in [0.25, 0.3) is 0 Å². The summed E-state index contributed by atoms with van der Waals surface area (Å²) in [5.74, 6) is 0.854. The molecule has 1 aliphatic rings. The minimum absolute atomic E-state index is 0.0777. The molecule has 0 spiro atoms. The predicted molar refractivity (Wildman–Crippen MR) is 133 cm³/mol. The Hall–Kier alpha value is -2.83. The van der Waals surface area contributed by atoms with Crippen LogP contribution in [0.15, 0.2) is 77.7 Å². The molecule has 0 aromatic heterocycles. The van der Waals surface area contributed by atoms with E-state index >= 15 is 0 Å². The Balaban J connectivity index is 1.54. The number of ether oxygens (including phenoxy) is 1. The molecule has 33 heavy (non-hydrogen) atoms. The smallest absolute Gasteiger partial charge is 0.264 e. The van der Waals surface area contributed by atoms with E-state index < -0.39 is 10.0 Å². The summed E-state index contributed by atoms with van der Waals surface area (Å²) in [6.07, 6.45) is 1.57. The topological polar surface area (TPSA) is 49.9 Å². The largest absolute Gasteiger partial charge is 0.497 e. The number of aryl methyl sites for hydroxylation is 2. The van der Waals surface area contributed by atoms with Crippen molar-refractivity contribution in [2.45, 2.75) is 44.2 Å². The average Bonchev–Trinajstić information content (AvgIpc) is 2.82. The quantitative estimate of drug-likeness (QED) is 0.484. The number of hydrogen-bond donors (Lipinski definition) is 0. The predicted octanol–water partition coefficient (Wildman–Crippen LogP) is 5.17. The molecule has 4 rings (SSSR count). The molecular weight excluding hydrogens is 432 g/mol. The van der Waals surface area contributed by atoms with Crippen molar-refractivity contribution in [2.24, 2.45) is 0 Å². The summed E-state index contributed by atoms with van der Waals surface area (Å²) in [5, 5.41) is 0. The van der Waals surface area contributed by atoms with Gasteiger partial charge in [0.15, 0.2) is 0 Å². The van der Waals surface area contributed by atoms with Crippen LogP contribution in [0.1, 0.15) is 29.5 Å². The molecule has 1 saturated heterocycles. The van der Waals surface area contributed by atoms with E-state index in [4.69, 9.17) is 4.74 Å². The van der Waals surface area contributed by atoms with Crippen LogP contribution in [0.5, 0.6) is 5.75 Å². The number of anilines is 1. The van der Waals surface area contributed by atoms with Gasteiger partial charge in [-0.1, -0.05) is 47.5 Å². The second-order valence-corrected chi connectivity index (χ2v) is 10.6. The Morgan fingerprint density at radius 1 is 0.848 bits per heavy atom. The van der Waals surface area contributed by atoms with E-state index in [1.54, 1.807) is 23.5 Å². The molecule has 0 saturated carbocycles. The highest BCUT2D eigenvalue weighted by atomic mass is 32.2. The second-order valence-electron chi connectivity index (χ2n) is 8.80. The zero-order chi connectivity index (χ0) is 23.4. The molecule has 5 nitrogen and oxygen atoms in total. The van der Waals surface area contributed by atoms with Crippen molar-refractivity contribution < 1.29 is 13.2 Å². The summed E-state index contributed by atoms with van der Waals surface area (Å²) in [4.78, 5) is 2.73. The fourth-order valence-corrected chi connectivity index (χ4v) is 6.07. The molecule has 0 N–H and O–H groups in total. The third kappa shape index (κ3) is 5.40. The summed E-state index contributed by atoms with van der Waals surface area (Å²) in [5.41, 5.74) is 4.12. The van der Waals surface area contributed by atoms with Crippen molar-refractivity contribution in [3.8, 4) is 5.75 Å². The third-order valence-electron chi connectivity index (χ3n) is 6.32. The summed E-state index contributed by atoms with van der Waals surface area (Å²) in [7, 11) is -2.00. The normalized spacial score (nSPS) is 15.4. The van der Waals surface area contributed by atoms with Crippen LogP contribution >= 0.6 is 0 Å². The number of rotatable bonds is 7. The van der Waals surface area contributed by atoms with E-state index in [9.17, 15) is 8.42 Å². The molecule has 0 amide bonds. The van der Waals surface area contributed by atoms with Crippen LogP contribution in [-0.2, 0) is 16.6 Å². The number of nitrogens with zero attached hydrogens (tertiary/aromatic N) is 2. The van der Waals surface area contributed by atoms with Crippen LogP contribution in [0.3, 0.4) is 0 Å². The van der Waals surface area contributed by atoms with E-state index in [0.717, 1.165) is 55.0 Å². The first kappa shape index (κ1) is 23.3. The van der Waals surface area contributed by atoms with Gasteiger partial charge >= 0.3 is 0 Å². The van der Waals surface area contributed by atoms with E-state index in [-0.39, 0.29) is 6.04 Å². The number of hydrogen-bond acceptors (Lipinski definition) is 4. The molecule has 1 heterocycles. The molecule has 1 fully saturated rings. The van der Waals surface area contributed by atoms with Crippen molar-refractivity contribution in [1.29, 1.82) is 0 Å². The SMILES string of the molecule is COc1ccc(CN2CCC(N(c3ccc(C)cc3)S(=O)(=O)c3ccc(C)cc3)CC2)cc1. The molecule has 3 aromatic carbocycles. The zero-order valence-corrected chi connectivity index (χ0v) is 20.4. The minimum Gasteiger partial charge on any atom is -0.497 e. The van der Waals surface area contributed by atoms with Crippen molar-refractivity contribution in [3.63, 3.8) is 0 Å². The maximum absolute atomic E-state index is 13.8. The fourth-order valence-electron chi connectivity index (χ4n) is 4.36. The number of piperidine rings is 1. The Labute approximate surface area is 197 Å². The first-order valence-corrected chi connectivity index (χ1v) is 12.8. The molecule has 0 bridgehead atoms. The number of benzene rings is 3. The Bertz CT molecular complexity index is 1150. The van der Waals surface area contributed by atoms with E-state index in [0.29, 0.717) is 4.90 Å². The van der Waals surface area contributed by atoms with Crippen LogP contribution in [-0.4, -0.2) is 39.6 Å². The van der Waals surface area contributed by atoms with Gasteiger partial charge in [0.1, 0.15) is 5.75 Å². The van der Waals surface area contributed by atoms with Gasteiger partial charge in [-0.15, -0.1) is 0 Å². The molecule has 174 valence electrons. The van der Waals surface area contributed by atoms with Crippen LogP contribution < -0.4 is 9.04 Å². The van der Waals surface area contributed by atoms with Gasteiger partial charge in [-0.2, -0.15) is 0 Å². The van der Waals surface area contributed by atoms with E-state index in [1.807, 2.05) is 62.4 Å². The van der Waals surface area contributed by atoms with Gasteiger partial charge in [-0.25, -0.2) is 8.42 Å². The van der Waals surface area contributed by atoms with Crippen LogP contribution in [0.4, 0.5) is 5.69 Å². The number of methoxy groups -OCH3 is 1. The third-order valence-corrected chi connectivity index (χ3v) is 8.21. The lowest BCUT2D eigenvalue weighted by atomic mass is 10.0. The highest BCUT2D eigenvalue weighted by Gasteiger charge is 2.34. The summed E-state index contributed by atoms with van der Waals surface area (Å²) in [6, 6.07) is 23.0. The van der Waals surface area contributed by atoms with Gasteiger partial charge in [0, 0.05) is 25.7 Å². The van der Waals surface area contributed by atoms with E-state index in [2.05, 4.69) is 17.0 Å². The average molecular weight is 465 g/mol. The molecule has 0 unspecified atom stereocenters. The summed E-state index contributed by atoms with van der Waals surface area (Å²) in [6.45, 7) is 6.53. The standard InChI is InChI=1S/C27H32N2O3S/c1-21-4-10-24(11-5-21)29(33(30,31)27-14-6-22(2)7-15-27)25-16-18-28(19-17-25)20-23-8-12-26(32-3)13-9-23/h4-15,25H,16-20H2,1-3H3. The number of sulfonamides is 1. The van der Waals surface area contributed by atoms with Crippen LogP contribution in [0, 0.1) is 13.8 Å². The van der Waals surface area contributed by atoms with Crippen LogP contribution in [0.2, 0.25) is 0 Å². The Morgan fingerprint density at radius 2 is 1.39 bits per heavy atom. The first-order chi connectivity index (χ1) is 15.9. The second kappa shape index (κ2) is 9.98. The Morgan fingerprint density at radius 3 is 1.94 bits per heavy atom. The minimum atomic E-state index is -3.67. The van der Waals surface area contributed by atoms with Gasteiger partial charge in [-0.05, 0) is 68.7 Å². The van der Waals surface area contributed by atoms with Gasteiger partial charge in [0.05, 0.1) is 17.7 Å². The monoisotopic (exact) mass is 464 g/mol. The number of likely N-dealkylation sites (tertiary alicyclic amines) is 1. The molecule has 3 aromatic rings. The van der Waals surface area contributed by atoms with E-state index in [1.165, 1.54) is 5.56 Å². The molecule has 0 atom stereocenters. The Kier molecular flexibility index (Phi) is 7.05. The molecular formula is C27H32N2O3S. The lowest BCUT2D eigenvalue weighted by Crippen LogP contribution is -2.47. The van der Waals surface area contributed by atoms with Gasteiger partial charge in [0.25, 0.3) is 10.0 Å². The van der Waals surface area contributed by atoms with Gasteiger partial charge in [0.2, 0.25) is 0 Å². The van der Waals surface area contributed by atoms with Crippen molar-refractivity contribution >= 4 is 15.7 Å². The molecule has 6 heteroatoms. The maximum atomic E-state index is 13.8. The highest BCUT2D eigenvalue weighted by Crippen LogP contribution is 2.31. The highest BCUT2D eigenvalue weighted by molar-refractivity contribution is 7.92. The molecule has 0 aliphatic carbocycles. The lowest BCUT2D eigenvalue weighted by Gasteiger charge is -2.39. The first-order valence-electron chi connectivity index (χ1n) is 11.4. The fraction of sp³-hybridized carbons (Fsp3) is 0.333. The maximum Gasteiger partial charge on any atom is 0.264 e.